The van der Waals surface area contributed by atoms with E-state index < -0.39 is 0 Å². The third-order valence-corrected chi connectivity index (χ3v) is 3.27. The first-order chi connectivity index (χ1) is 9.83. The number of aromatic nitrogens is 4. The fourth-order valence-corrected chi connectivity index (χ4v) is 2.22. The minimum Gasteiger partial charge on any atom is -0.398 e. The molecule has 3 aromatic rings. The van der Waals surface area contributed by atoms with Gasteiger partial charge in [-0.05, 0) is 12.5 Å². The second-order valence-corrected chi connectivity index (χ2v) is 4.73. The molecule has 0 amide bonds. The van der Waals surface area contributed by atoms with Gasteiger partial charge in [-0.15, -0.1) is 0 Å². The molecule has 0 aliphatic rings. The van der Waals surface area contributed by atoms with Gasteiger partial charge in [0.2, 0.25) is 0 Å². The number of nitrogens with two attached hydrogens (primary N) is 1. The van der Waals surface area contributed by atoms with Gasteiger partial charge in [-0.1, -0.05) is 18.2 Å². The quantitative estimate of drug-likeness (QED) is 0.722. The maximum absolute atomic E-state index is 5.98. The number of hydrogen-bond acceptors (Lipinski definition) is 3. The Hall–Kier alpha value is -2.56. The van der Waals surface area contributed by atoms with Gasteiger partial charge in [0.15, 0.2) is 0 Å². The summed E-state index contributed by atoms with van der Waals surface area (Å²) in [6.07, 6.45) is 10.5. The Labute approximate surface area is 117 Å². The highest BCUT2D eigenvalue weighted by Crippen LogP contribution is 2.24. The number of para-hydroxylation sites is 1. The zero-order valence-electron chi connectivity index (χ0n) is 11.2. The Bertz CT molecular complexity index is 669. The molecule has 2 heterocycles. The van der Waals surface area contributed by atoms with Crippen molar-refractivity contribution in [2.45, 2.75) is 19.5 Å². The van der Waals surface area contributed by atoms with Gasteiger partial charge >= 0.3 is 0 Å². The lowest BCUT2D eigenvalue weighted by molar-refractivity contribution is 0.527. The SMILES string of the molecule is Nc1ccccc1-c1cnn(CCCn2ccnc2)c1. The molecule has 0 aliphatic heterocycles. The first-order valence-corrected chi connectivity index (χ1v) is 6.66. The molecule has 0 saturated heterocycles. The smallest absolute Gasteiger partial charge is 0.0945 e. The molecular formula is C15H17N5. The van der Waals surface area contributed by atoms with Crippen LogP contribution in [0.3, 0.4) is 0 Å². The van der Waals surface area contributed by atoms with E-state index in [0.29, 0.717) is 0 Å². The summed E-state index contributed by atoms with van der Waals surface area (Å²) in [4.78, 5) is 4.03. The Balaban J connectivity index is 1.64. The summed E-state index contributed by atoms with van der Waals surface area (Å²) in [5, 5.41) is 4.39. The number of aryl methyl sites for hydroxylation is 2. The molecule has 0 bridgehead atoms. The van der Waals surface area contributed by atoms with Crippen molar-refractivity contribution < 1.29 is 0 Å². The van der Waals surface area contributed by atoms with E-state index >= 15 is 0 Å². The van der Waals surface area contributed by atoms with Gasteiger partial charge in [-0.3, -0.25) is 4.68 Å². The number of benzene rings is 1. The second kappa shape index (κ2) is 5.61. The minimum absolute atomic E-state index is 0.783. The summed E-state index contributed by atoms with van der Waals surface area (Å²) in [6, 6.07) is 7.85. The van der Waals surface area contributed by atoms with Gasteiger partial charge in [0.05, 0.1) is 12.5 Å². The Morgan fingerprint density at radius 1 is 1.15 bits per heavy atom. The molecule has 0 atom stereocenters. The van der Waals surface area contributed by atoms with Crippen LogP contribution in [0.5, 0.6) is 0 Å². The third-order valence-electron chi connectivity index (χ3n) is 3.27. The van der Waals surface area contributed by atoms with Gasteiger partial charge in [-0.2, -0.15) is 5.10 Å². The van der Waals surface area contributed by atoms with Crippen LogP contribution >= 0.6 is 0 Å². The third kappa shape index (κ3) is 2.71. The van der Waals surface area contributed by atoms with Crippen molar-refractivity contribution in [1.29, 1.82) is 0 Å². The molecule has 3 rings (SSSR count). The summed E-state index contributed by atoms with van der Waals surface area (Å²) in [5.74, 6) is 0. The van der Waals surface area contributed by atoms with E-state index in [0.717, 1.165) is 36.3 Å². The molecule has 5 heteroatoms. The van der Waals surface area contributed by atoms with Crippen LogP contribution in [0.1, 0.15) is 6.42 Å². The van der Waals surface area contributed by atoms with E-state index in [-0.39, 0.29) is 0 Å². The van der Waals surface area contributed by atoms with E-state index in [2.05, 4.69) is 14.6 Å². The number of anilines is 1. The molecule has 2 N–H and O–H groups in total. The molecule has 5 nitrogen and oxygen atoms in total. The van der Waals surface area contributed by atoms with Crippen LogP contribution in [0.15, 0.2) is 55.4 Å². The van der Waals surface area contributed by atoms with Gasteiger partial charge < -0.3 is 10.3 Å². The van der Waals surface area contributed by atoms with E-state index in [1.54, 1.807) is 6.20 Å². The van der Waals surface area contributed by atoms with Crippen molar-refractivity contribution in [3.05, 3.63) is 55.4 Å². The van der Waals surface area contributed by atoms with Crippen LogP contribution in [-0.4, -0.2) is 19.3 Å². The number of nitrogen functional groups attached to an aromatic ring is 1. The van der Waals surface area contributed by atoms with Gasteiger partial charge in [0.25, 0.3) is 0 Å². The molecule has 0 saturated carbocycles. The number of imidazole rings is 1. The Morgan fingerprint density at radius 3 is 2.85 bits per heavy atom. The maximum Gasteiger partial charge on any atom is 0.0945 e. The highest BCUT2D eigenvalue weighted by atomic mass is 15.3. The molecule has 0 spiro atoms. The summed E-state index contributed by atoms with van der Waals surface area (Å²) < 4.78 is 4.03. The first-order valence-electron chi connectivity index (χ1n) is 6.66. The van der Waals surface area contributed by atoms with E-state index in [9.17, 15) is 0 Å². The molecule has 1 aromatic carbocycles. The number of nitrogens with zero attached hydrogens (tertiary/aromatic N) is 4. The van der Waals surface area contributed by atoms with E-state index in [1.165, 1.54) is 0 Å². The zero-order valence-corrected chi connectivity index (χ0v) is 11.2. The van der Waals surface area contributed by atoms with E-state index in [4.69, 9.17) is 5.73 Å². The standard InChI is InChI=1S/C15H17N5/c16-15-5-2-1-4-14(15)13-10-18-20(11-13)8-3-7-19-9-6-17-12-19/h1-2,4-6,9-12H,3,7-8,16H2. The predicted octanol–water partition coefficient (Wildman–Crippen LogP) is 2.42. The first kappa shape index (κ1) is 12.5. The average Bonchev–Trinajstić information content (AvgIpc) is 3.11. The van der Waals surface area contributed by atoms with Crippen molar-refractivity contribution in [3.8, 4) is 11.1 Å². The van der Waals surface area contributed by atoms with Crippen LogP contribution in [0.4, 0.5) is 5.69 Å². The highest BCUT2D eigenvalue weighted by molar-refractivity contribution is 5.75. The van der Waals surface area contributed by atoms with Crippen molar-refractivity contribution in [1.82, 2.24) is 19.3 Å². The lowest BCUT2D eigenvalue weighted by atomic mass is 10.1. The molecule has 2 aromatic heterocycles. The molecule has 0 aliphatic carbocycles. The normalized spacial score (nSPS) is 10.8. The van der Waals surface area contributed by atoms with Gasteiger partial charge in [-0.25, -0.2) is 4.98 Å². The fourth-order valence-electron chi connectivity index (χ4n) is 2.22. The Morgan fingerprint density at radius 2 is 2.05 bits per heavy atom. The summed E-state index contributed by atoms with van der Waals surface area (Å²) >= 11 is 0. The number of rotatable bonds is 5. The van der Waals surface area contributed by atoms with Crippen LogP contribution in [-0.2, 0) is 13.1 Å². The van der Waals surface area contributed by atoms with Crippen LogP contribution in [0.25, 0.3) is 11.1 Å². The zero-order chi connectivity index (χ0) is 13.8. The predicted molar refractivity (Wildman–Crippen MR) is 78.9 cm³/mol. The summed E-state index contributed by atoms with van der Waals surface area (Å²) in [6.45, 7) is 1.83. The highest BCUT2D eigenvalue weighted by Gasteiger charge is 2.04. The van der Waals surface area contributed by atoms with E-state index in [1.807, 2.05) is 53.9 Å². The molecule has 102 valence electrons. The van der Waals surface area contributed by atoms with Crippen LogP contribution < -0.4 is 5.73 Å². The average molecular weight is 267 g/mol. The van der Waals surface area contributed by atoms with Crippen molar-refractivity contribution in [3.63, 3.8) is 0 Å². The molecular weight excluding hydrogens is 250 g/mol. The summed E-state index contributed by atoms with van der Waals surface area (Å²) in [7, 11) is 0. The topological polar surface area (TPSA) is 61.7 Å². The Kier molecular flexibility index (Phi) is 3.50. The monoisotopic (exact) mass is 267 g/mol. The second-order valence-electron chi connectivity index (χ2n) is 4.73. The van der Waals surface area contributed by atoms with Crippen molar-refractivity contribution >= 4 is 5.69 Å². The summed E-state index contributed by atoms with van der Waals surface area (Å²) in [5.41, 5.74) is 8.86. The lowest BCUT2D eigenvalue weighted by Crippen LogP contribution is -2.02. The molecule has 0 radical (unpaired) electrons. The minimum atomic E-state index is 0.783. The molecule has 0 unspecified atom stereocenters. The van der Waals surface area contributed by atoms with Gasteiger partial charge in [0.1, 0.15) is 0 Å². The lowest BCUT2D eigenvalue weighted by Gasteiger charge is -2.03. The maximum atomic E-state index is 5.98. The fraction of sp³-hybridized carbons (Fsp3) is 0.200. The van der Waals surface area contributed by atoms with Crippen molar-refractivity contribution in [2.24, 2.45) is 0 Å². The van der Waals surface area contributed by atoms with Crippen LogP contribution in [0, 0.1) is 0 Å². The van der Waals surface area contributed by atoms with Crippen LogP contribution in [0.2, 0.25) is 0 Å². The molecule has 20 heavy (non-hydrogen) atoms. The number of hydrogen-bond donors (Lipinski definition) is 1. The van der Waals surface area contributed by atoms with Gasteiger partial charge in [0, 0.05) is 48.5 Å². The van der Waals surface area contributed by atoms with Crippen molar-refractivity contribution in [2.75, 3.05) is 5.73 Å². The largest absolute Gasteiger partial charge is 0.398 e. The molecule has 0 fully saturated rings.